The summed E-state index contributed by atoms with van der Waals surface area (Å²) in [7, 11) is 0. The lowest BCUT2D eigenvalue weighted by molar-refractivity contribution is 0.0514. The fourth-order valence-corrected chi connectivity index (χ4v) is 1.57. The van der Waals surface area contributed by atoms with Crippen molar-refractivity contribution in [2.45, 2.75) is 20.8 Å². The van der Waals surface area contributed by atoms with Crippen LogP contribution in [0.2, 0.25) is 5.15 Å². The van der Waals surface area contributed by atoms with Gasteiger partial charge >= 0.3 is 5.97 Å². The molecule has 0 aromatic carbocycles. The predicted molar refractivity (Wildman–Crippen MR) is 62.8 cm³/mol. The second-order valence-corrected chi connectivity index (χ2v) is 3.66. The molecule has 0 saturated carbocycles. The Labute approximate surface area is 98.8 Å². The molecule has 5 nitrogen and oxygen atoms in total. The van der Waals surface area contributed by atoms with Gasteiger partial charge in [0, 0.05) is 0 Å². The molecule has 0 amide bonds. The quantitative estimate of drug-likeness (QED) is 0.500. The molecule has 1 heterocycles. The van der Waals surface area contributed by atoms with Crippen LogP contribution in [0.15, 0.2) is 11.2 Å². The smallest absolute Gasteiger partial charge is 0.357 e. The van der Waals surface area contributed by atoms with Crippen LogP contribution in [0, 0.1) is 6.92 Å². The van der Waals surface area contributed by atoms with Crippen LogP contribution in [-0.2, 0) is 4.74 Å². The molecule has 16 heavy (non-hydrogen) atoms. The number of aromatic nitrogens is 1. The van der Waals surface area contributed by atoms with Crippen LogP contribution in [-0.4, -0.2) is 23.1 Å². The average molecular weight is 244 g/mol. The van der Waals surface area contributed by atoms with E-state index < -0.39 is 5.97 Å². The highest BCUT2D eigenvalue weighted by atomic mass is 35.5. The van der Waals surface area contributed by atoms with Crippen molar-refractivity contribution in [1.82, 2.24) is 4.68 Å². The van der Waals surface area contributed by atoms with E-state index in [-0.39, 0.29) is 0 Å². The number of esters is 1. The van der Waals surface area contributed by atoms with E-state index in [0.717, 1.165) is 0 Å². The number of amidine groups is 1. The molecule has 0 bridgehead atoms. The monoisotopic (exact) mass is 243 g/mol. The molecule has 6 heteroatoms. The summed E-state index contributed by atoms with van der Waals surface area (Å²) in [6, 6.07) is 1.64. The second kappa shape index (κ2) is 5.03. The fourth-order valence-electron chi connectivity index (χ4n) is 1.28. The van der Waals surface area contributed by atoms with Crippen LogP contribution in [0.25, 0.3) is 0 Å². The minimum atomic E-state index is -0.461. The van der Waals surface area contributed by atoms with Gasteiger partial charge in [0.05, 0.1) is 6.61 Å². The van der Waals surface area contributed by atoms with Crippen molar-refractivity contribution < 1.29 is 9.53 Å². The first-order valence-corrected chi connectivity index (χ1v) is 5.21. The standard InChI is InChI=1S/C10H14ClN3O2/c1-4-16-10(15)9-6(2)5-8(11)14(9)13-7(3)12/h5H,4H2,1-3H3,(H2,12,13). The number of aryl methyl sites for hydroxylation is 1. The Kier molecular flexibility index (Phi) is 3.95. The van der Waals surface area contributed by atoms with Gasteiger partial charge in [-0.25, -0.2) is 9.47 Å². The van der Waals surface area contributed by atoms with Crippen LogP contribution in [0.1, 0.15) is 29.9 Å². The molecule has 0 radical (unpaired) electrons. The van der Waals surface area contributed by atoms with Gasteiger partial charge in [-0.15, -0.1) is 0 Å². The summed E-state index contributed by atoms with van der Waals surface area (Å²) in [6.07, 6.45) is 0. The third kappa shape index (κ3) is 2.55. The second-order valence-electron chi connectivity index (χ2n) is 3.27. The van der Waals surface area contributed by atoms with E-state index in [1.54, 1.807) is 26.8 Å². The van der Waals surface area contributed by atoms with Crippen molar-refractivity contribution in [2.75, 3.05) is 6.61 Å². The van der Waals surface area contributed by atoms with Crippen LogP contribution >= 0.6 is 11.6 Å². The van der Waals surface area contributed by atoms with Gasteiger partial charge in [-0.3, -0.25) is 0 Å². The van der Waals surface area contributed by atoms with Crippen molar-refractivity contribution >= 4 is 23.4 Å². The van der Waals surface area contributed by atoms with Crippen LogP contribution in [0.5, 0.6) is 0 Å². The molecule has 1 rings (SSSR count). The van der Waals surface area contributed by atoms with Crippen molar-refractivity contribution in [3.63, 3.8) is 0 Å². The molecule has 88 valence electrons. The molecular formula is C10H14ClN3O2. The molecule has 0 fully saturated rings. The Morgan fingerprint density at radius 1 is 1.69 bits per heavy atom. The lowest BCUT2D eigenvalue weighted by atomic mass is 10.3. The average Bonchev–Trinajstić information content (AvgIpc) is 2.41. The lowest BCUT2D eigenvalue weighted by Crippen LogP contribution is -2.14. The van der Waals surface area contributed by atoms with Gasteiger partial charge < -0.3 is 10.5 Å². The van der Waals surface area contributed by atoms with E-state index in [9.17, 15) is 4.79 Å². The van der Waals surface area contributed by atoms with Gasteiger partial charge in [0.1, 0.15) is 11.0 Å². The number of hydrogen-bond donors (Lipinski definition) is 1. The Hall–Kier alpha value is -1.49. The summed E-state index contributed by atoms with van der Waals surface area (Å²) >= 11 is 5.93. The summed E-state index contributed by atoms with van der Waals surface area (Å²) in [5.41, 5.74) is 6.47. The van der Waals surface area contributed by atoms with Gasteiger partial charge in [-0.2, -0.15) is 5.10 Å². The Balaban J connectivity index is 3.26. The van der Waals surface area contributed by atoms with Crippen molar-refractivity contribution in [1.29, 1.82) is 0 Å². The summed E-state index contributed by atoms with van der Waals surface area (Å²) < 4.78 is 6.20. The summed E-state index contributed by atoms with van der Waals surface area (Å²) in [5, 5.41) is 4.29. The Morgan fingerprint density at radius 3 is 2.81 bits per heavy atom. The minimum absolute atomic E-state index is 0.298. The molecule has 0 aliphatic carbocycles. The Bertz CT molecular complexity index is 434. The molecule has 0 saturated heterocycles. The number of nitrogens with two attached hydrogens (primary N) is 1. The number of hydrogen-bond acceptors (Lipinski definition) is 3. The van der Waals surface area contributed by atoms with E-state index in [1.165, 1.54) is 4.68 Å². The normalized spacial score (nSPS) is 11.6. The number of rotatable bonds is 3. The van der Waals surface area contributed by atoms with Crippen LogP contribution in [0.3, 0.4) is 0 Å². The van der Waals surface area contributed by atoms with Crippen molar-refractivity contribution in [3.05, 3.63) is 22.5 Å². The molecule has 0 spiro atoms. The molecular weight excluding hydrogens is 230 g/mol. The molecule has 2 N–H and O–H groups in total. The number of carbonyl (C=O) groups is 1. The van der Waals surface area contributed by atoms with E-state index in [4.69, 9.17) is 22.1 Å². The maximum Gasteiger partial charge on any atom is 0.357 e. The highest BCUT2D eigenvalue weighted by Crippen LogP contribution is 2.20. The Morgan fingerprint density at radius 2 is 2.31 bits per heavy atom. The van der Waals surface area contributed by atoms with Crippen molar-refractivity contribution in [2.24, 2.45) is 10.8 Å². The van der Waals surface area contributed by atoms with Gasteiger partial charge in [0.2, 0.25) is 0 Å². The zero-order valence-corrected chi connectivity index (χ0v) is 10.2. The maximum absolute atomic E-state index is 11.7. The summed E-state index contributed by atoms with van der Waals surface area (Å²) in [5.74, 6) is -0.153. The maximum atomic E-state index is 11.7. The zero-order chi connectivity index (χ0) is 12.3. The molecule has 0 atom stereocenters. The van der Waals surface area contributed by atoms with Gasteiger partial charge in [-0.05, 0) is 32.4 Å². The number of halogens is 1. The first-order chi connectivity index (χ1) is 7.47. The van der Waals surface area contributed by atoms with Crippen LogP contribution < -0.4 is 5.73 Å². The number of carbonyl (C=O) groups excluding carboxylic acids is 1. The fraction of sp³-hybridized carbons (Fsp3) is 0.400. The summed E-state index contributed by atoms with van der Waals surface area (Å²) in [4.78, 5) is 11.7. The summed E-state index contributed by atoms with van der Waals surface area (Å²) in [6.45, 7) is 5.41. The minimum Gasteiger partial charge on any atom is -0.461 e. The first kappa shape index (κ1) is 12.6. The predicted octanol–water partition coefficient (Wildman–Crippen LogP) is 1.77. The number of nitrogens with zero attached hydrogens (tertiary/aromatic N) is 2. The van der Waals surface area contributed by atoms with E-state index in [1.807, 2.05) is 0 Å². The molecule has 0 aliphatic heterocycles. The van der Waals surface area contributed by atoms with Gasteiger partial charge in [0.25, 0.3) is 0 Å². The van der Waals surface area contributed by atoms with Crippen molar-refractivity contribution in [3.8, 4) is 0 Å². The first-order valence-electron chi connectivity index (χ1n) is 4.83. The lowest BCUT2D eigenvalue weighted by Gasteiger charge is -2.05. The SMILES string of the molecule is CCOC(=O)c1c(C)cc(Cl)n1N=C(C)N. The van der Waals surface area contributed by atoms with Crippen LogP contribution in [0.4, 0.5) is 0 Å². The largest absolute Gasteiger partial charge is 0.461 e. The molecule has 1 aromatic heterocycles. The third-order valence-corrected chi connectivity index (χ3v) is 2.12. The molecule has 0 unspecified atom stereocenters. The highest BCUT2D eigenvalue weighted by molar-refractivity contribution is 6.30. The highest BCUT2D eigenvalue weighted by Gasteiger charge is 2.19. The molecule has 0 aliphatic rings. The van der Waals surface area contributed by atoms with E-state index >= 15 is 0 Å². The van der Waals surface area contributed by atoms with Gasteiger partial charge in [0.15, 0.2) is 5.69 Å². The molecule has 1 aromatic rings. The topological polar surface area (TPSA) is 69.6 Å². The zero-order valence-electron chi connectivity index (χ0n) is 9.45. The van der Waals surface area contributed by atoms with E-state index in [0.29, 0.717) is 28.9 Å². The number of ether oxygens (including phenoxy) is 1. The van der Waals surface area contributed by atoms with Gasteiger partial charge in [-0.1, -0.05) is 11.6 Å². The third-order valence-electron chi connectivity index (χ3n) is 1.85. The van der Waals surface area contributed by atoms with E-state index in [2.05, 4.69) is 5.10 Å².